The van der Waals surface area contributed by atoms with E-state index in [1.165, 1.54) is 11.8 Å². The Balaban J connectivity index is 1.99. The van der Waals surface area contributed by atoms with Crippen molar-refractivity contribution in [2.45, 2.75) is 23.9 Å². The normalized spacial score (nSPS) is 12.0. The maximum atomic E-state index is 9.02. The summed E-state index contributed by atoms with van der Waals surface area (Å²) >= 11 is 1.39. The molecule has 0 saturated carbocycles. The van der Waals surface area contributed by atoms with Crippen molar-refractivity contribution in [2.24, 2.45) is 0 Å². The van der Waals surface area contributed by atoms with Crippen LogP contribution in [0, 0.1) is 11.3 Å². The lowest BCUT2D eigenvalue weighted by molar-refractivity contribution is 0.569. The number of rotatable bonds is 5. The summed E-state index contributed by atoms with van der Waals surface area (Å²) in [7, 11) is 0. The number of nitriles is 1. The van der Waals surface area contributed by atoms with Gasteiger partial charge in [0.25, 0.3) is 0 Å². The van der Waals surface area contributed by atoms with Crippen LogP contribution in [0.25, 0.3) is 11.6 Å². The fourth-order valence-corrected chi connectivity index (χ4v) is 2.79. The van der Waals surface area contributed by atoms with E-state index in [1.807, 2.05) is 54.0 Å². The average molecular weight is 310 g/mol. The first-order valence-electron chi connectivity index (χ1n) is 6.85. The molecule has 2 aromatic heterocycles. The van der Waals surface area contributed by atoms with Gasteiger partial charge in [0, 0.05) is 0 Å². The summed E-state index contributed by atoms with van der Waals surface area (Å²) in [6, 6.07) is 16.0. The Hall–Kier alpha value is -2.52. The topological polar surface area (TPSA) is 67.6 Å². The lowest BCUT2D eigenvalue weighted by Crippen LogP contribution is -2.05. The zero-order chi connectivity index (χ0) is 15.4. The Kier molecular flexibility index (Phi) is 4.26. The summed E-state index contributed by atoms with van der Waals surface area (Å²) in [5, 5.41) is 18.0. The van der Waals surface area contributed by atoms with Crippen LogP contribution < -0.4 is 0 Å². The molecule has 0 saturated heterocycles. The molecule has 3 aromatic rings. The van der Waals surface area contributed by atoms with Crippen LogP contribution in [0.15, 0.2) is 58.3 Å². The summed E-state index contributed by atoms with van der Waals surface area (Å²) < 4.78 is 7.42. The predicted octanol–water partition coefficient (Wildman–Crippen LogP) is 3.59. The minimum absolute atomic E-state index is 0.192. The monoisotopic (exact) mass is 310 g/mol. The highest BCUT2D eigenvalue weighted by atomic mass is 32.2. The molecule has 1 aromatic carbocycles. The molecular formula is C16H14N4OS. The first-order valence-corrected chi connectivity index (χ1v) is 7.73. The Morgan fingerprint density at radius 3 is 2.73 bits per heavy atom. The van der Waals surface area contributed by atoms with Gasteiger partial charge in [-0.25, -0.2) is 0 Å². The minimum atomic E-state index is -0.192. The molecule has 1 atom stereocenters. The van der Waals surface area contributed by atoms with E-state index < -0.39 is 0 Å². The van der Waals surface area contributed by atoms with Gasteiger partial charge < -0.3 is 4.42 Å². The van der Waals surface area contributed by atoms with Crippen molar-refractivity contribution >= 4 is 11.8 Å². The molecule has 110 valence electrons. The highest BCUT2D eigenvalue weighted by Gasteiger charge is 2.18. The van der Waals surface area contributed by atoms with Crippen LogP contribution in [-0.2, 0) is 6.54 Å². The minimum Gasteiger partial charge on any atom is -0.461 e. The molecule has 0 unspecified atom stereocenters. The Morgan fingerprint density at radius 2 is 2.05 bits per heavy atom. The van der Waals surface area contributed by atoms with Gasteiger partial charge in [-0.3, -0.25) is 4.57 Å². The van der Waals surface area contributed by atoms with E-state index in [1.54, 1.807) is 6.26 Å². The number of thioether (sulfide) groups is 1. The average Bonchev–Trinajstić information content (AvgIpc) is 3.19. The van der Waals surface area contributed by atoms with Gasteiger partial charge in [-0.15, -0.1) is 10.2 Å². The molecule has 0 bridgehead atoms. The second-order valence-electron chi connectivity index (χ2n) is 4.74. The Labute approximate surface area is 132 Å². The smallest absolute Gasteiger partial charge is 0.200 e. The SMILES string of the molecule is C[C@@H](C#N)Sc1nnc(-c2ccco2)n1Cc1ccccc1. The molecule has 2 heterocycles. The largest absolute Gasteiger partial charge is 0.461 e. The molecule has 3 rings (SSSR count). The first kappa shape index (κ1) is 14.4. The maximum absolute atomic E-state index is 9.02. The number of hydrogen-bond donors (Lipinski definition) is 0. The van der Waals surface area contributed by atoms with Crippen molar-refractivity contribution in [1.82, 2.24) is 14.8 Å². The third kappa shape index (κ3) is 3.05. The van der Waals surface area contributed by atoms with Crippen LogP contribution in [0.4, 0.5) is 0 Å². The molecule has 22 heavy (non-hydrogen) atoms. The van der Waals surface area contributed by atoms with Gasteiger partial charge in [0.1, 0.15) is 0 Å². The lowest BCUT2D eigenvalue weighted by atomic mass is 10.2. The Morgan fingerprint density at radius 1 is 1.23 bits per heavy atom. The summed E-state index contributed by atoms with van der Waals surface area (Å²) in [4.78, 5) is 0. The van der Waals surface area contributed by atoms with Gasteiger partial charge in [-0.1, -0.05) is 42.1 Å². The maximum Gasteiger partial charge on any atom is 0.200 e. The van der Waals surface area contributed by atoms with E-state index in [2.05, 4.69) is 16.3 Å². The van der Waals surface area contributed by atoms with Crippen molar-refractivity contribution < 1.29 is 4.42 Å². The van der Waals surface area contributed by atoms with Crippen molar-refractivity contribution in [1.29, 1.82) is 5.26 Å². The van der Waals surface area contributed by atoms with E-state index in [4.69, 9.17) is 9.68 Å². The number of nitrogens with zero attached hydrogens (tertiary/aromatic N) is 4. The quantitative estimate of drug-likeness (QED) is 0.674. The summed E-state index contributed by atoms with van der Waals surface area (Å²) in [6.45, 7) is 2.48. The molecule has 5 nitrogen and oxygen atoms in total. The van der Waals surface area contributed by atoms with Crippen LogP contribution in [-0.4, -0.2) is 20.0 Å². The molecule has 0 aliphatic carbocycles. The highest BCUT2D eigenvalue weighted by Crippen LogP contribution is 2.27. The van der Waals surface area contributed by atoms with E-state index >= 15 is 0 Å². The molecule has 0 fully saturated rings. The van der Waals surface area contributed by atoms with Gasteiger partial charge in [-0.05, 0) is 24.6 Å². The van der Waals surface area contributed by atoms with Gasteiger partial charge in [0.15, 0.2) is 10.9 Å². The zero-order valence-electron chi connectivity index (χ0n) is 12.0. The van der Waals surface area contributed by atoms with E-state index in [0.29, 0.717) is 23.3 Å². The number of furan rings is 1. The molecule has 6 heteroatoms. The summed E-state index contributed by atoms with van der Waals surface area (Å²) in [5.74, 6) is 1.33. The van der Waals surface area contributed by atoms with E-state index in [9.17, 15) is 0 Å². The fraction of sp³-hybridized carbons (Fsp3) is 0.188. The second kappa shape index (κ2) is 6.50. The lowest BCUT2D eigenvalue weighted by Gasteiger charge is -2.09. The molecular weight excluding hydrogens is 296 g/mol. The van der Waals surface area contributed by atoms with Gasteiger partial charge in [0.05, 0.1) is 24.1 Å². The van der Waals surface area contributed by atoms with Crippen LogP contribution in [0.2, 0.25) is 0 Å². The number of benzene rings is 1. The molecule has 0 spiro atoms. The van der Waals surface area contributed by atoms with Crippen molar-refractivity contribution in [2.75, 3.05) is 0 Å². The molecule has 0 radical (unpaired) electrons. The predicted molar refractivity (Wildman–Crippen MR) is 84.2 cm³/mol. The van der Waals surface area contributed by atoms with Gasteiger partial charge in [0.2, 0.25) is 5.82 Å². The van der Waals surface area contributed by atoms with Crippen LogP contribution in [0.3, 0.4) is 0 Å². The first-order chi connectivity index (χ1) is 10.8. The summed E-state index contributed by atoms with van der Waals surface area (Å²) in [6.07, 6.45) is 1.61. The highest BCUT2D eigenvalue weighted by molar-refractivity contribution is 8.00. The molecule has 0 amide bonds. The third-order valence-corrected chi connectivity index (χ3v) is 4.08. The molecule has 0 aliphatic rings. The van der Waals surface area contributed by atoms with Crippen molar-refractivity contribution in [3.05, 3.63) is 54.3 Å². The molecule has 0 N–H and O–H groups in total. The summed E-state index contributed by atoms with van der Waals surface area (Å²) in [5.41, 5.74) is 1.14. The zero-order valence-corrected chi connectivity index (χ0v) is 12.8. The van der Waals surface area contributed by atoms with Crippen LogP contribution in [0.5, 0.6) is 0 Å². The Bertz CT molecular complexity index is 774. The second-order valence-corrected chi connectivity index (χ2v) is 6.05. The molecule has 0 aliphatic heterocycles. The van der Waals surface area contributed by atoms with Crippen molar-refractivity contribution in [3.63, 3.8) is 0 Å². The van der Waals surface area contributed by atoms with E-state index in [-0.39, 0.29) is 5.25 Å². The number of aromatic nitrogens is 3. The standard InChI is InChI=1S/C16H14N4OS/c1-12(10-17)22-16-19-18-15(14-8-5-9-21-14)20(16)11-13-6-3-2-4-7-13/h2-9,12H,11H2,1H3/t12-/m0/s1. The van der Waals surface area contributed by atoms with Crippen molar-refractivity contribution in [3.8, 4) is 17.7 Å². The fourth-order valence-electron chi connectivity index (χ4n) is 2.06. The van der Waals surface area contributed by atoms with Crippen LogP contribution >= 0.6 is 11.8 Å². The number of hydrogen-bond acceptors (Lipinski definition) is 5. The van der Waals surface area contributed by atoms with Gasteiger partial charge >= 0.3 is 0 Å². The van der Waals surface area contributed by atoms with Gasteiger partial charge in [-0.2, -0.15) is 5.26 Å². The van der Waals surface area contributed by atoms with Crippen LogP contribution in [0.1, 0.15) is 12.5 Å². The van der Waals surface area contributed by atoms with E-state index in [0.717, 1.165) is 5.56 Å². The third-order valence-electron chi connectivity index (χ3n) is 3.11.